The van der Waals surface area contributed by atoms with Gasteiger partial charge >= 0.3 is 12.1 Å². The molecule has 20 heavy (non-hydrogen) atoms. The van der Waals surface area contributed by atoms with Gasteiger partial charge in [-0.05, 0) is 24.8 Å². The first-order valence-electron chi connectivity index (χ1n) is 6.60. The zero-order valence-corrected chi connectivity index (χ0v) is 11.0. The van der Waals surface area contributed by atoms with Gasteiger partial charge in [-0.3, -0.25) is 10.2 Å². The Morgan fingerprint density at radius 2 is 2.00 bits per heavy atom. The quantitative estimate of drug-likeness (QED) is 0.713. The van der Waals surface area contributed by atoms with Gasteiger partial charge in [-0.15, -0.1) is 0 Å². The van der Waals surface area contributed by atoms with E-state index in [-0.39, 0.29) is 18.6 Å². The van der Waals surface area contributed by atoms with E-state index in [1.165, 1.54) is 0 Å². The molecule has 1 aliphatic carbocycles. The van der Waals surface area contributed by atoms with E-state index in [0.717, 1.165) is 12.0 Å². The van der Waals surface area contributed by atoms with Gasteiger partial charge in [0.15, 0.2) is 0 Å². The number of carbonyl (C=O) groups excluding carboxylic acids is 1. The SMILES string of the molecule is O=C(NNC1CCC(C(=O)O)C1)OCc1ccccc1. The molecule has 1 aromatic carbocycles. The van der Waals surface area contributed by atoms with E-state index in [1.54, 1.807) is 0 Å². The Labute approximate surface area is 117 Å². The number of hydrogen-bond donors (Lipinski definition) is 3. The first kappa shape index (κ1) is 14.3. The van der Waals surface area contributed by atoms with Gasteiger partial charge in [0.25, 0.3) is 0 Å². The van der Waals surface area contributed by atoms with Crippen LogP contribution in [-0.2, 0) is 16.1 Å². The van der Waals surface area contributed by atoms with Gasteiger partial charge in [0, 0.05) is 6.04 Å². The lowest BCUT2D eigenvalue weighted by Gasteiger charge is -2.13. The molecule has 1 aliphatic rings. The van der Waals surface area contributed by atoms with Gasteiger partial charge in [0.05, 0.1) is 5.92 Å². The molecule has 2 unspecified atom stereocenters. The number of hydrazine groups is 1. The number of carbonyl (C=O) groups is 2. The molecule has 6 heteroatoms. The zero-order valence-electron chi connectivity index (χ0n) is 11.0. The minimum atomic E-state index is -0.777. The Morgan fingerprint density at radius 3 is 2.65 bits per heavy atom. The summed E-state index contributed by atoms with van der Waals surface area (Å²) in [5.41, 5.74) is 6.18. The minimum absolute atomic E-state index is 0.0135. The summed E-state index contributed by atoms with van der Waals surface area (Å²) in [4.78, 5) is 22.3. The maximum Gasteiger partial charge on any atom is 0.421 e. The molecule has 1 fully saturated rings. The van der Waals surface area contributed by atoms with Crippen LogP contribution in [0.5, 0.6) is 0 Å². The van der Waals surface area contributed by atoms with Crippen molar-refractivity contribution in [3.05, 3.63) is 35.9 Å². The molecule has 6 nitrogen and oxygen atoms in total. The number of carboxylic acid groups (broad SMARTS) is 1. The molecule has 0 aromatic heterocycles. The highest BCUT2D eigenvalue weighted by Gasteiger charge is 2.29. The standard InChI is InChI=1S/C14H18N2O4/c17-13(18)11-6-7-12(8-11)15-16-14(19)20-9-10-4-2-1-3-5-10/h1-5,11-12,15H,6-9H2,(H,16,19)(H,17,18). The summed E-state index contributed by atoms with van der Waals surface area (Å²) in [5, 5.41) is 8.88. The van der Waals surface area contributed by atoms with Crippen LogP contribution < -0.4 is 10.9 Å². The third-order valence-electron chi connectivity index (χ3n) is 3.37. The lowest BCUT2D eigenvalue weighted by atomic mass is 10.1. The summed E-state index contributed by atoms with van der Waals surface area (Å²) in [7, 11) is 0. The summed E-state index contributed by atoms with van der Waals surface area (Å²) in [6.07, 6.45) is 1.32. The molecule has 0 aliphatic heterocycles. The van der Waals surface area contributed by atoms with Crippen molar-refractivity contribution in [2.75, 3.05) is 0 Å². The van der Waals surface area contributed by atoms with Crippen molar-refractivity contribution < 1.29 is 19.4 Å². The average Bonchev–Trinajstić information content (AvgIpc) is 2.93. The molecule has 0 heterocycles. The maximum absolute atomic E-state index is 11.5. The fourth-order valence-corrected chi connectivity index (χ4v) is 2.26. The Morgan fingerprint density at radius 1 is 1.25 bits per heavy atom. The van der Waals surface area contributed by atoms with Crippen LogP contribution in [0.3, 0.4) is 0 Å². The van der Waals surface area contributed by atoms with E-state index in [9.17, 15) is 9.59 Å². The van der Waals surface area contributed by atoms with Crippen LogP contribution in [0.2, 0.25) is 0 Å². The number of nitrogens with one attached hydrogen (secondary N) is 2. The summed E-state index contributed by atoms with van der Waals surface area (Å²) >= 11 is 0. The molecule has 0 bridgehead atoms. The van der Waals surface area contributed by atoms with E-state index in [2.05, 4.69) is 10.9 Å². The molecular formula is C14H18N2O4. The lowest BCUT2D eigenvalue weighted by Crippen LogP contribution is -2.43. The van der Waals surface area contributed by atoms with Crippen LogP contribution in [0.1, 0.15) is 24.8 Å². The number of hydrogen-bond acceptors (Lipinski definition) is 4. The van der Waals surface area contributed by atoms with E-state index < -0.39 is 12.1 Å². The van der Waals surface area contributed by atoms with Crippen molar-refractivity contribution in [2.45, 2.75) is 31.9 Å². The molecule has 0 radical (unpaired) electrons. The van der Waals surface area contributed by atoms with Crippen molar-refractivity contribution in [3.63, 3.8) is 0 Å². The van der Waals surface area contributed by atoms with Crippen LogP contribution in [0, 0.1) is 5.92 Å². The number of carboxylic acids is 1. The minimum Gasteiger partial charge on any atom is -0.481 e. The van der Waals surface area contributed by atoms with Gasteiger partial charge in [0.1, 0.15) is 6.61 Å². The van der Waals surface area contributed by atoms with Crippen molar-refractivity contribution in [1.29, 1.82) is 0 Å². The Kier molecular flexibility index (Phi) is 4.95. The van der Waals surface area contributed by atoms with Gasteiger partial charge in [-0.1, -0.05) is 30.3 Å². The van der Waals surface area contributed by atoms with Crippen LogP contribution in [-0.4, -0.2) is 23.2 Å². The van der Waals surface area contributed by atoms with Gasteiger partial charge in [-0.25, -0.2) is 10.2 Å². The highest BCUT2D eigenvalue weighted by Crippen LogP contribution is 2.25. The topological polar surface area (TPSA) is 87.7 Å². The predicted octanol–water partition coefficient (Wildman–Crippen LogP) is 1.67. The molecule has 1 amide bonds. The number of aliphatic carboxylic acids is 1. The number of ether oxygens (including phenoxy) is 1. The van der Waals surface area contributed by atoms with Crippen LogP contribution in [0.4, 0.5) is 4.79 Å². The fourth-order valence-electron chi connectivity index (χ4n) is 2.26. The third-order valence-corrected chi connectivity index (χ3v) is 3.37. The van der Waals surface area contributed by atoms with E-state index in [4.69, 9.17) is 9.84 Å². The molecule has 2 rings (SSSR count). The Balaban J connectivity index is 1.65. The maximum atomic E-state index is 11.5. The fraction of sp³-hybridized carbons (Fsp3) is 0.429. The molecule has 2 atom stereocenters. The van der Waals surface area contributed by atoms with Crippen LogP contribution in [0.25, 0.3) is 0 Å². The third kappa shape index (κ3) is 4.24. The largest absolute Gasteiger partial charge is 0.481 e. The smallest absolute Gasteiger partial charge is 0.421 e. The van der Waals surface area contributed by atoms with Crippen molar-refractivity contribution in [2.24, 2.45) is 5.92 Å². The second kappa shape index (κ2) is 6.91. The van der Waals surface area contributed by atoms with Crippen molar-refractivity contribution in [1.82, 2.24) is 10.9 Å². The molecule has 1 aromatic rings. The molecular weight excluding hydrogens is 260 g/mol. The predicted molar refractivity (Wildman–Crippen MR) is 71.7 cm³/mol. The average molecular weight is 278 g/mol. The highest BCUT2D eigenvalue weighted by atomic mass is 16.6. The Bertz CT molecular complexity index is 464. The summed E-state index contributed by atoms with van der Waals surface area (Å²) < 4.78 is 5.03. The lowest BCUT2D eigenvalue weighted by molar-refractivity contribution is -0.141. The van der Waals surface area contributed by atoms with E-state index in [1.807, 2.05) is 30.3 Å². The summed E-state index contributed by atoms with van der Waals surface area (Å²) in [6, 6.07) is 9.37. The van der Waals surface area contributed by atoms with Gasteiger partial charge in [-0.2, -0.15) is 0 Å². The highest BCUT2D eigenvalue weighted by molar-refractivity contribution is 5.70. The van der Waals surface area contributed by atoms with E-state index >= 15 is 0 Å². The molecule has 0 saturated heterocycles. The molecule has 108 valence electrons. The number of rotatable bonds is 5. The molecule has 3 N–H and O–H groups in total. The summed E-state index contributed by atoms with van der Waals surface area (Å²) in [6.45, 7) is 0.205. The number of amides is 1. The number of benzene rings is 1. The van der Waals surface area contributed by atoms with Gasteiger partial charge < -0.3 is 9.84 Å². The summed E-state index contributed by atoms with van der Waals surface area (Å²) in [5.74, 6) is -1.10. The first-order chi connectivity index (χ1) is 9.65. The molecule has 0 spiro atoms. The monoisotopic (exact) mass is 278 g/mol. The first-order valence-corrected chi connectivity index (χ1v) is 6.60. The van der Waals surface area contributed by atoms with Crippen LogP contribution in [0.15, 0.2) is 30.3 Å². The van der Waals surface area contributed by atoms with Crippen LogP contribution >= 0.6 is 0 Å². The normalized spacial score (nSPS) is 21.4. The molecule has 1 saturated carbocycles. The second-order valence-electron chi connectivity index (χ2n) is 4.88. The van der Waals surface area contributed by atoms with Gasteiger partial charge in [0.2, 0.25) is 0 Å². The Hall–Kier alpha value is -2.08. The zero-order chi connectivity index (χ0) is 14.4. The van der Waals surface area contributed by atoms with E-state index in [0.29, 0.717) is 12.8 Å². The second-order valence-corrected chi connectivity index (χ2v) is 4.88. The van der Waals surface area contributed by atoms with Crippen molar-refractivity contribution in [3.8, 4) is 0 Å². The van der Waals surface area contributed by atoms with Crippen molar-refractivity contribution >= 4 is 12.1 Å².